The van der Waals surface area contributed by atoms with Gasteiger partial charge in [-0.05, 0) is 76.0 Å². The first kappa shape index (κ1) is 20.3. The molecule has 2 nitrogen and oxygen atoms in total. The standard InChI is InChI=1S/C23H38O2/c1-3-5-7-9-19-11-15-21(16-12-19)23(24)25-22-17-13-20(14-18-22)10-8-6-4-2/h7-10,19-22H,3-6,11-18H2,1-2H3. The molecule has 0 amide bonds. The molecule has 0 aliphatic heterocycles. The Morgan fingerprint density at radius 2 is 1.28 bits per heavy atom. The van der Waals surface area contributed by atoms with Crippen LogP contribution < -0.4 is 0 Å². The fraction of sp³-hybridized carbons (Fsp3) is 0.783. The molecule has 0 heterocycles. The second-order valence-electron chi connectivity index (χ2n) is 8.02. The highest BCUT2D eigenvalue weighted by atomic mass is 16.5. The Morgan fingerprint density at radius 1 is 0.800 bits per heavy atom. The highest BCUT2D eigenvalue weighted by molar-refractivity contribution is 5.72. The molecule has 142 valence electrons. The average molecular weight is 347 g/mol. The number of unbranched alkanes of at least 4 members (excludes halogenated alkanes) is 2. The predicted molar refractivity (Wildman–Crippen MR) is 105 cm³/mol. The Morgan fingerprint density at radius 3 is 1.76 bits per heavy atom. The van der Waals surface area contributed by atoms with Gasteiger partial charge in [-0.15, -0.1) is 0 Å². The first-order valence-corrected chi connectivity index (χ1v) is 10.8. The first-order chi connectivity index (χ1) is 12.2. The molecule has 0 bridgehead atoms. The molecule has 2 heteroatoms. The molecule has 0 radical (unpaired) electrons. The van der Waals surface area contributed by atoms with Crippen molar-refractivity contribution >= 4 is 5.97 Å². The lowest BCUT2D eigenvalue weighted by atomic mass is 9.81. The minimum absolute atomic E-state index is 0.0842. The molecule has 2 aliphatic carbocycles. The van der Waals surface area contributed by atoms with E-state index in [1.165, 1.54) is 38.5 Å². The smallest absolute Gasteiger partial charge is 0.309 e. The van der Waals surface area contributed by atoms with Gasteiger partial charge in [0.1, 0.15) is 6.10 Å². The number of esters is 1. The van der Waals surface area contributed by atoms with Crippen LogP contribution in [0.1, 0.15) is 90.9 Å². The maximum absolute atomic E-state index is 12.5. The van der Waals surface area contributed by atoms with E-state index in [4.69, 9.17) is 4.74 Å². The van der Waals surface area contributed by atoms with Crippen LogP contribution in [0.2, 0.25) is 0 Å². The van der Waals surface area contributed by atoms with Crippen LogP contribution in [0.15, 0.2) is 24.3 Å². The normalized spacial score (nSPS) is 30.8. The maximum Gasteiger partial charge on any atom is 0.309 e. The van der Waals surface area contributed by atoms with Crippen LogP contribution in [0.3, 0.4) is 0 Å². The van der Waals surface area contributed by atoms with Gasteiger partial charge in [0, 0.05) is 0 Å². The molecule has 0 spiro atoms. The zero-order valence-electron chi connectivity index (χ0n) is 16.4. The summed E-state index contributed by atoms with van der Waals surface area (Å²) in [6, 6.07) is 0. The topological polar surface area (TPSA) is 26.3 Å². The van der Waals surface area contributed by atoms with E-state index in [2.05, 4.69) is 38.2 Å². The van der Waals surface area contributed by atoms with Gasteiger partial charge in [0.25, 0.3) is 0 Å². The Bertz CT molecular complexity index is 421. The quantitative estimate of drug-likeness (QED) is 0.365. The van der Waals surface area contributed by atoms with Crippen molar-refractivity contribution in [1.29, 1.82) is 0 Å². The average Bonchev–Trinajstić information content (AvgIpc) is 2.64. The zero-order valence-corrected chi connectivity index (χ0v) is 16.4. The van der Waals surface area contributed by atoms with E-state index < -0.39 is 0 Å². The summed E-state index contributed by atoms with van der Waals surface area (Å²) in [6.07, 6.45) is 23.1. The minimum Gasteiger partial charge on any atom is -0.462 e. The van der Waals surface area contributed by atoms with Crippen molar-refractivity contribution < 1.29 is 9.53 Å². The zero-order chi connectivity index (χ0) is 17.9. The Hall–Kier alpha value is -1.05. The summed E-state index contributed by atoms with van der Waals surface area (Å²) in [5.41, 5.74) is 0. The molecule has 0 aromatic rings. The third-order valence-corrected chi connectivity index (χ3v) is 5.83. The van der Waals surface area contributed by atoms with Crippen LogP contribution in [-0.4, -0.2) is 12.1 Å². The number of carbonyl (C=O) groups is 1. The van der Waals surface area contributed by atoms with Crippen molar-refractivity contribution in [2.45, 2.75) is 97.0 Å². The number of rotatable bonds is 8. The lowest BCUT2D eigenvalue weighted by Crippen LogP contribution is -2.29. The summed E-state index contributed by atoms with van der Waals surface area (Å²) in [4.78, 5) is 12.5. The Labute approximate surface area is 155 Å². The molecule has 2 fully saturated rings. The summed E-state index contributed by atoms with van der Waals surface area (Å²) in [7, 11) is 0. The highest BCUT2D eigenvalue weighted by Crippen LogP contribution is 2.33. The summed E-state index contributed by atoms with van der Waals surface area (Å²) in [5.74, 6) is 1.62. The summed E-state index contributed by atoms with van der Waals surface area (Å²) in [5, 5.41) is 0. The number of allylic oxidation sites excluding steroid dienone is 4. The van der Waals surface area contributed by atoms with Crippen LogP contribution in [0.5, 0.6) is 0 Å². The van der Waals surface area contributed by atoms with E-state index >= 15 is 0 Å². The minimum atomic E-state index is 0.0842. The monoisotopic (exact) mass is 346 g/mol. The van der Waals surface area contributed by atoms with Gasteiger partial charge in [0.2, 0.25) is 0 Å². The largest absolute Gasteiger partial charge is 0.462 e. The van der Waals surface area contributed by atoms with Crippen LogP contribution in [0.4, 0.5) is 0 Å². The third kappa shape index (κ3) is 7.38. The molecular weight excluding hydrogens is 308 g/mol. The fourth-order valence-electron chi connectivity index (χ4n) is 4.12. The maximum atomic E-state index is 12.5. The van der Waals surface area contributed by atoms with Gasteiger partial charge in [0.15, 0.2) is 0 Å². The molecule has 0 saturated heterocycles. The fourth-order valence-corrected chi connectivity index (χ4v) is 4.12. The van der Waals surface area contributed by atoms with Gasteiger partial charge in [-0.2, -0.15) is 0 Å². The van der Waals surface area contributed by atoms with Crippen LogP contribution in [0, 0.1) is 17.8 Å². The van der Waals surface area contributed by atoms with Crippen molar-refractivity contribution in [3.8, 4) is 0 Å². The molecule has 2 rings (SSSR count). The Kier molecular flexibility index (Phi) is 9.36. The summed E-state index contributed by atoms with van der Waals surface area (Å²) < 4.78 is 5.86. The molecule has 0 atom stereocenters. The number of hydrogen-bond acceptors (Lipinski definition) is 2. The summed E-state index contributed by atoms with van der Waals surface area (Å²) >= 11 is 0. The van der Waals surface area contributed by atoms with Gasteiger partial charge in [-0.3, -0.25) is 4.79 Å². The van der Waals surface area contributed by atoms with E-state index in [9.17, 15) is 4.79 Å². The van der Waals surface area contributed by atoms with Crippen LogP contribution in [0.25, 0.3) is 0 Å². The number of ether oxygens (including phenoxy) is 1. The lowest BCUT2D eigenvalue weighted by molar-refractivity contribution is -0.157. The molecule has 2 aliphatic rings. The first-order valence-electron chi connectivity index (χ1n) is 10.8. The van der Waals surface area contributed by atoms with Gasteiger partial charge >= 0.3 is 5.97 Å². The van der Waals surface area contributed by atoms with Gasteiger partial charge in [-0.25, -0.2) is 0 Å². The molecule has 25 heavy (non-hydrogen) atoms. The van der Waals surface area contributed by atoms with E-state index in [0.29, 0.717) is 11.8 Å². The molecule has 2 saturated carbocycles. The van der Waals surface area contributed by atoms with Crippen LogP contribution >= 0.6 is 0 Å². The third-order valence-electron chi connectivity index (χ3n) is 5.83. The molecule has 0 aromatic carbocycles. The van der Waals surface area contributed by atoms with Gasteiger partial charge in [-0.1, -0.05) is 51.0 Å². The highest BCUT2D eigenvalue weighted by Gasteiger charge is 2.29. The number of hydrogen-bond donors (Lipinski definition) is 0. The van der Waals surface area contributed by atoms with Crippen molar-refractivity contribution in [3.63, 3.8) is 0 Å². The van der Waals surface area contributed by atoms with E-state index in [0.717, 1.165) is 38.5 Å². The lowest BCUT2D eigenvalue weighted by Gasteiger charge is -2.30. The van der Waals surface area contributed by atoms with Crippen molar-refractivity contribution in [2.24, 2.45) is 17.8 Å². The second-order valence-corrected chi connectivity index (χ2v) is 8.02. The SMILES string of the molecule is CCCC=CC1CCC(OC(=O)C2CCC(C=CCCC)CC2)CC1. The van der Waals surface area contributed by atoms with Crippen molar-refractivity contribution in [3.05, 3.63) is 24.3 Å². The van der Waals surface area contributed by atoms with Crippen LogP contribution in [-0.2, 0) is 9.53 Å². The molecular formula is C23H38O2. The molecule has 0 unspecified atom stereocenters. The Balaban J connectivity index is 1.64. The molecule has 0 aromatic heterocycles. The number of carbonyl (C=O) groups excluding carboxylic acids is 1. The van der Waals surface area contributed by atoms with Crippen molar-refractivity contribution in [2.75, 3.05) is 0 Å². The van der Waals surface area contributed by atoms with E-state index in [-0.39, 0.29) is 18.0 Å². The van der Waals surface area contributed by atoms with Gasteiger partial charge < -0.3 is 4.74 Å². The van der Waals surface area contributed by atoms with Crippen molar-refractivity contribution in [1.82, 2.24) is 0 Å². The second kappa shape index (κ2) is 11.5. The molecule has 0 N–H and O–H groups in total. The predicted octanol–water partition coefficient (Wildman–Crippen LogP) is 6.61. The van der Waals surface area contributed by atoms with E-state index in [1.807, 2.05) is 0 Å². The summed E-state index contributed by atoms with van der Waals surface area (Å²) in [6.45, 7) is 4.43. The van der Waals surface area contributed by atoms with Gasteiger partial charge in [0.05, 0.1) is 5.92 Å². The van der Waals surface area contributed by atoms with E-state index in [1.54, 1.807) is 0 Å².